The molecule has 0 radical (unpaired) electrons. The van der Waals surface area contributed by atoms with E-state index in [1.54, 1.807) is 0 Å². The van der Waals surface area contributed by atoms with Gasteiger partial charge in [-0.2, -0.15) is 13.2 Å². The van der Waals surface area contributed by atoms with Crippen LogP contribution in [0.5, 0.6) is 0 Å². The van der Waals surface area contributed by atoms with Gasteiger partial charge < -0.3 is 4.84 Å². The molecule has 0 saturated carbocycles. The first-order valence-electron chi connectivity index (χ1n) is 8.32. The van der Waals surface area contributed by atoms with Gasteiger partial charge >= 0.3 is 12.1 Å². The van der Waals surface area contributed by atoms with Gasteiger partial charge in [0.25, 0.3) is 0 Å². The number of hydrogen-bond donors (Lipinski definition) is 0. The average molecular weight is 361 g/mol. The van der Waals surface area contributed by atoms with Gasteiger partial charge in [0.05, 0.1) is 0 Å². The van der Waals surface area contributed by atoms with E-state index >= 15 is 0 Å². The second kappa shape index (κ2) is 7.74. The molecule has 1 aliphatic rings. The molecule has 136 valence electrons. The molecule has 0 atom stereocenters. The highest BCUT2D eigenvalue weighted by Gasteiger charge is 2.42. The van der Waals surface area contributed by atoms with Gasteiger partial charge in [0.15, 0.2) is 0 Å². The summed E-state index contributed by atoms with van der Waals surface area (Å²) in [5, 5.41) is 1.09. The standard InChI is InChI=1S/C20H18F3NO2/c21-20(22,23)19(25)26-24-13-11-17(12-14-24)18(15-7-3-1-4-8-15)16-9-5-2-6-10-16/h1-10H,11-14H2. The molecule has 2 aromatic carbocycles. The molecular weight excluding hydrogens is 343 g/mol. The van der Waals surface area contributed by atoms with E-state index in [-0.39, 0.29) is 13.1 Å². The summed E-state index contributed by atoms with van der Waals surface area (Å²) in [6.07, 6.45) is -3.91. The Kier molecular flexibility index (Phi) is 5.42. The van der Waals surface area contributed by atoms with Crippen molar-refractivity contribution < 1.29 is 22.8 Å². The largest absolute Gasteiger partial charge is 0.492 e. The van der Waals surface area contributed by atoms with Crippen molar-refractivity contribution in [2.75, 3.05) is 13.1 Å². The van der Waals surface area contributed by atoms with Crippen molar-refractivity contribution in [3.05, 3.63) is 77.4 Å². The number of hydroxylamine groups is 2. The van der Waals surface area contributed by atoms with E-state index in [4.69, 9.17) is 0 Å². The fraction of sp³-hybridized carbons (Fsp3) is 0.250. The van der Waals surface area contributed by atoms with Crippen LogP contribution >= 0.6 is 0 Å². The lowest BCUT2D eigenvalue weighted by Gasteiger charge is -2.29. The van der Waals surface area contributed by atoms with Gasteiger partial charge in [0.2, 0.25) is 0 Å². The third-order valence-electron chi connectivity index (χ3n) is 4.25. The third-order valence-corrected chi connectivity index (χ3v) is 4.25. The van der Waals surface area contributed by atoms with E-state index in [1.165, 1.54) is 0 Å². The third kappa shape index (κ3) is 4.32. The number of carbonyl (C=O) groups excluding carboxylic acids is 1. The van der Waals surface area contributed by atoms with Crippen LogP contribution in [0.15, 0.2) is 66.2 Å². The zero-order valence-electron chi connectivity index (χ0n) is 14.0. The number of piperidine rings is 1. The normalized spacial score (nSPS) is 15.6. The SMILES string of the molecule is O=C(ON1CCC(=C(c2ccccc2)c2ccccc2)CC1)C(F)(F)F. The Morgan fingerprint density at radius 2 is 1.31 bits per heavy atom. The van der Waals surface area contributed by atoms with Gasteiger partial charge in [-0.1, -0.05) is 66.2 Å². The zero-order chi connectivity index (χ0) is 18.6. The van der Waals surface area contributed by atoms with Gasteiger partial charge in [-0.25, -0.2) is 4.79 Å². The second-order valence-electron chi connectivity index (χ2n) is 6.02. The number of carbonyl (C=O) groups is 1. The highest BCUT2D eigenvalue weighted by Crippen LogP contribution is 2.32. The molecule has 0 amide bonds. The monoisotopic (exact) mass is 361 g/mol. The Morgan fingerprint density at radius 1 is 0.846 bits per heavy atom. The smallest absolute Gasteiger partial charge is 0.361 e. The van der Waals surface area contributed by atoms with Crippen LogP contribution in [0.2, 0.25) is 0 Å². The number of benzene rings is 2. The van der Waals surface area contributed by atoms with Gasteiger partial charge in [-0.3, -0.25) is 0 Å². The van der Waals surface area contributed by atoms with Crippen molar-refractivity contribution in [3.63, 3.8) is 0 Å². The summed E-state index contributed by atoms with van der Waals surface area (Å²) in [4.78, 5) is 15.4. The van der Waals surface area contributed by atoms with Crippen molar-refractivity contribution in [2.24, 2.45) is 0 Å². The first kappa shape index (κ1) is 18.2. The minimum absolute atomic E-state index is 0.236. The van der Waals surface area contributed by atoms with E-state index < -0.39 is 12.1 Å². The number of halogens is 3. The van der Waals surface area contributed by atoms with Gasteiger partial charge in [-0.05, 0) is 29.5 Å². The van der Waals surface area contributed by atoms with Gasteiger partial charge in [0, 0.05) is 13.1 Å². The van der Waals surface area contributed by atoms with E-state index in [0.29, 0.717) is 12.8 Å². The average Bonchev–Trinajstić information content (AvgIpc) is 2.64. The van der Waals surface area contributed by atoms with Crippen LogP contribution in [0.25, 0.3) is 5.57 Å². The lowest BCUT2D eigenvalue weighted by atomic mass is 9.89. The molecule has 2 aromatic rings. The molecule has 0 aromatic heterocycles. The molecule has 1 aliphatic heterocycles. The maximum atomic E-state index is 12.3. The molecule has 0 N–H and O–H groups in total. The van der Waals surface area contributed by atoms with E-state index in [2.05, 4.69) is 4.84 Å². The summed E-state index contributed by atoms with van der Waals surface area (Å²) in [5.41, 5.74) is 4.36. The van der Waals surface area contributed by atoms with Gasteiger partial charge in [-0.15, -0.1) is 5.06 Å². The Morgan fingerprint density at radius 3 is 1.73 bits per heavy atom. The minimum Gasteiger partial charge on any atom is -0.361 e. The Labute approximate surface area is 149 Å². The van der Waals surface area contributed by atoms with Crippen molar-refractivity contribution >= 4 is 11.5 Å². The molecule has 1 saturated heterocycles. The number of alkyl halides is 3. The Hall–Kier alpha value is -2.60. The molecule has 0 bridgehead atoms. The molecule has 3 rings (SSSR count). The molecule has 1 fully saturated rings. The van der Waals surface area contributed by atoms with E-state index in [9.17, 15) is 18.0 Å². The molecule has 1 heterocycles. The zero-order valence-corrected chi connectivity index (χ0v) is 14.0. The highest BCUT2D eigenvalue weighted by molar-refractivity contribution is 5.82. The topological polar surface area (TPSA) is 29.5 Å². The van der Waals surface area contributed by atoms with Crippen LogP contribution in [0, 0.1) is 0 Å². The fourth-order valence-electron chi connectivity index (χ4n) is 3.05. The summed E-state index contributed by atoms with van der Waals surface area (Å²) in [6, 6.07) is 19.8. The first-order valence-corrected chi connectivity index (χ1v) is 8.32. The summed E-state index contributed by atoms with van der Waals surface area (Å²) in [5.74, 6) is -2.17. The van der Waals surface area contributed by atoms with Crippen LogP contribution in [-0.2, 0) is 9.63 Å². The second-order valence-corrected chi connectivity index (χ2v) is 6.02. The lowest BCUT2D eigenvalue weighted by Crippen LogP contribution is -2.38. The number of hydrogen-bond acceptors (Lipinski definition) is 3. The number of nitrogens with zero attached hydrogens (tertiary/aromatic N) is 1. The highest BCUT2D eigenvalue weighted by atomic mass is 19.4. The maximum Gasteiger partial charge on any atom is 0.492 e. The van der Waals surface area contributed by atoms with Crippen molar-refractivity contribution in [1.29, 1.82) is 0 Å². The molecule has 0 unspecified atom stereocenters. The van der Waals surface area contributed by atoms with Crippen LogP contribution in [0.4, 0.5) is 13.2 Å². The van der Waals surface area contributed by atoms with Crippen molar-refractivity contribution in [2.45, 2.75) is 19.0 Å². The molecule has 6 heteroatoms. The number of rotatable bonds is 3. The molecule has 3 nitrogen and oxygen atoms in total. The summed E-state index contributed by atoms with van der Waals surface area (Å²) in [7, 11) is 0. The summed E-state index contributed by atoms with van der Waals surface area (Å²) >= 11 is 0. The predicted octanol–water partition coefficient (Wildman–Crippen LogP) is 4.60. The van der Waals surface area contributed by atoms with Gasteiger partial charge in [0.1, 0.15) is 0 Å². The minimum atomic E-state index is -4.98. The van der Waals surface area contributed by atoms with Crippen molar-refractivity contribution in [3.8, 4) is 0 Å². The fourth-order valence-corrected chi connectivity index (χ4v) is 3.05. The molecular formula is C20H18F3NO2. The quantitative estimate of drug-likeness (QED) is 0.800. The Balaban J connectivity index is 1.82. The van der Waals surface area contributed by atoms with Crippen LogP contribution in [0.3, 0.4) is 0 Å². The van der Waals surface area contributed by atoms with Crippen LogP contribution in [-0.4, -0.2) is 30.3 Å². The van der Waals surface area contributed by atoms with Crippen molar-refractivity contribution in [1.82, 2.24) is 5.06 Å². The Bertz CT molecular complexity index is 734. The molecule has 0 spiro atoms. The maximum absolute atomic E-state index is 12.3. The predicted molar refractivity (Wildman–Crippen MR) is 91.9 cm³/mol. The first-order chi connectivity index (χ1) is 12.4. The molecule has 26 heavy (non-hydrogen) atoms. The van der Waals surface area contributed by atoms with Crippen LogP contribution in [0.1, 0.15) is 24.0 Å². The van der Waals surface area contributed by atoms with E-state index in [1.807, 2.05) is 60.7 Å². The van der Waals surface area contributed by atoms with Crippen LogP contribution < -0.4 is 0 Å². The molecule has 0 aliphatic carbocycles. The van der Waals surface area contributed by atoms with E-state index in [0.717, 1.165) is 27.3 Å². The summed E-state index contributed by atoms with van der Waals surface area (Å²) < 4.78 is 37.0. The summed E-state index contributed by atoms with van der Waals surface area (Å²) in [6.45, 7) is 0.473. The lowest BCUT2D eigenvalue weighted by molar-refractivity contribution is -0.239.